The van der Waals surface area contributed by atoms with Crippen molar-refractivity contribution in [3.8, 4) is 0 Å². The number of benzene rings is 2. The minimum absolute atomic E-state index is 0.420. The molecule has 0 spiro atoms. The highest BCUT2D eigenvalue weighted by atomic mass is 16.2. The lowest BCUT2D eigenvalue weighted by Crippen LogP contribution is -2.08. The lowest BCUT2D eigenvalue weighted by molar-refractivity contribution is -0.113. The molecule has 0 heterocycles. The molecule has 0 unspecified atom stereocenters. The number of carbonyl (C=O) groups excluding carboxylic acids is 2. The summed E-state index contributed by atoms with van der Waals surface area (Å²) in [6, 6.07) is 18.6. The summed E-state index contributed by atoms with van der Waals surface area (Å²) in [6.45, 7) is 4.90. The predicted molar refractivity (Wildman–Crippen MR) is 78.0 cm³/mol. The van der Waals surface area contributed by atoms with E-state index in [0.29, 0.717) is 5.56 Å². The zero-order chi connectivity index (χ0) is 14.1. The number of Topliss-reactive ketones (excluding diaryl/α,β-unsaturated/α-hetero) is 2. The Bertz CT molecular complexity index is 542. The van der Waals surface area contributed by atoms with Gasteiger partial charge in [-0.25, -0.2) is 0 Å². The van der Waals surface area contributed by atoms with Crippen molar-refractivity contribution >= 4 is 17.6 Å². The highest BCUT2D eigenvalue weighted by molar-refractivity contribution is 6.42. The van der Waals surface area contributed by atoms with E-state index < -0.39 is 11.6 Å². The van der Waals surface area contributed by atoms with Crippen LogP contribution in [0.15, 0.2) is 67.2 Å². The molecule has 0 bridgehead atoms. The molecule has 2 heteroatoms. The number of ketones is 2. The Balaban J connectivity index is 0.000000200. The summed E-state index contributed by atoms with van der Waals surface area (Å²) < 4.78 is 0. The van der Waals surface area contributed by atoms with Gasteiger partial charge in [-0.05, 0) is 5.56 Å². The maximum absolute atomic E-state index is 11.0. The fraction of sp³-hybridized carbons (Fsp3) is 0.0588. The predicted octanol–water partition coefficient (Wildman–Crippen LogP) is 3.79. The van der Waals surface area contributed by atoms with E-state index in [0.717, 1.165) is 0 Å². The first-order valence-corrected chi connectivity index (χ1v) is 5.93. The number of hydrogen-bond donors (Lipinski definition) is 0. The molecule has 19 heavy (non-hydrogen) atoms. The zero-order valence-electron chi connectivity index (χ0n) is 10.9. The van der Waals surface area contributed by atoms with Gasteiger partial charge in [-0.1, -0.05) is 73.3 Å². The van der Waals surface area contributed by atoms with E-state index in [4.69, 9.17) is 0 Å². The van der Waals surface area contributed by atoms with E-state index in [2.05, 4.69) is 6.58 Å². The number of hydrogen-bond acceptors (Lipinski definition) is 2. The average Bonchev–Trinajstić information content (AvgIpc) is 2.48. The molecular formula is C17H16O2. The zero-order valence-corrected chi connectivity index (χ0v) is 10.9. The summed E-state index contributed by atoms with van der Waals surface area (Å²) >= 11 is 0. The van der Waals surface area contributed by atoms with Crippen molar-refractivity contribution in [3.63, 3.8) is 0 Å². The molecule has 2 aromatic rings. The molecular weight excluding hydrogens is 236 g/mol. The van der Waals surface area contributed by atoms with Crippen LogP contribution in [0.2, 0.25) is 0 Å². The molecule has 96 valence electrons. The van der Waals surface area contributed by atoms with Crippen LogP contribution in [-0.4, -0.2) is 11.6 Å². The molecule has 0 aliphatic heterocycles. The van der Waals surface area contributed by atoms with Crippen LogP contribution >= 0.6 is 0 Å². The van der Waals surface area contributed by atoms with Crippen molar-refractivity contribution in [1.29, 1.82) is 0 Å². The summed E-state index contributed by atoms with van der Waals surface area (Å²) in [7, 11) is 0. The lowest BCUT2D eigenvalue weighted by Gasteiger charge is -1.93. The largest absolute Gasteiger partial charge is 0.291 e. The van der Waals surface area contributed by atoms with Crippen LogP contribution in [0, 0.1) is 0 Å². The van der Waals surface area contributed by atoms with Gasteiger partial charge in [0.25, 0.3) is 0 Å². The highest BCUT2D eigenvalue weighted by Gasteiger charge is 2.08. The maximum Gasteiger partial charge on any atom is 0.228 e. The van der Waals surface area contributed by atoms with Crippen LogP contribution in [0.3, 0.4) is 0 Å². The van der Waals surface area contributed by atoms with Crippen molar-refractivity contribution in [3.05, 3.63) is 78.4 Å². The van der Waals surface area contributed by atoms with Gasteiger partial charge in [-0.3, -0.25) is 9.59 Å². The molecule has 2 aromatic carbocycles. The van der Waals surface area contributed by atoms with Gasteiger partial charge in [-0.15, -0.1) is 0 Å². The Morgan fingerprint density at radius 1 is 0.895 bits per heavy atom. The van der Waals surface area contributed by atoms with Crippen molar-refractivity contribution in [2.24, 2.45) is 0 Å². The average molecular weight is 252 g/mol. The van der Waals surface area contributed by atoms with Crippen molar-refractivity contribution < 1.29 is 9.59 Å². The Morgan fingerprint density at radius 3 is 1.74 bits per heavy atom. The quantitative estimate of drug-likeness (QED) is 0.615. The first-order valence-electron chi connectivity index (χ1n) is 5.93. The van der Waals surface area contributed by atoms with Gasteiger partial charge in [-0.2, -0.15) is 0 Å². The van der Waals surface area contributed by atoms with E-state index in [-0.39, 0.29) is 0 Å². The van der Waals surface area contributed by atoms with Crippen LogP contribution < -0.4 is 0 Å². The van der Waals surface area contributed by atoms with Crippen LogP contribution in [0.1, 0.15) is 22.8 Å². The first kappa shape index (κ1) is 14.6. The molecule has 0 amide bonds. The van der Waals surface area contributed by atoms with Gasteiger partial charge >= 0.3 is 0 Å². The molecule has 0 fully saturated rings. The molecule has 0 aliphatic carbocycles. The fourth-order valence-electron chi connectivity index (χ4n) is 1.38. The molecule has 2 nitrogen and oxygen atoms in total. The van der Waals surface area contributed by atoms with Gasteiger partial charge in [0.1, 0.15) is 0 Å². The summed E-state index contributed by atoms with van der Waals surface area (Å²) in [6.07, 6.45) is 1.83. The Labute approximate surface area is 113 Å². The summed E-state index contributed by atoms with van der Waals surface area (Å²) in [4.78, 5) is 21.6. The molecule has 0 N–H and O–H groups in total. The summed E-state index contributed by atoms with van der Waals surface area (Å²) in [5.74, 6) is -0.846. The maximum atomic E-state index is 11.0. The molecule has 0 atom stereocenters. The number of rotatable bonds is 3. The van der Waals surface area contributed by atoms with E-state index in [1.54, 1.807) is 30.3 Å². The molecule has 2 rings (SSSR count). The third-order valence-electron chi connectivity index (χ3n) is 2.39. The van der Waals surface area contributed by atoms with Gasteiger partial charge in [0.15, 0.2) is 5.78 Å². The van der Waals surface area contributed by atoms with Gasteiger partial charge < -0.3 is 0 Å². The Morgan fingerprint density at radius 2 is 1.37 bits per heavy atom. The summed E-state index contributed by atoms with van der Waals surface area (Å²) in [5.41, 5.74) is 1.63. The fourth-order valence-corrected chi connectivity index (χ4v) is 1.38. The third-order valence-corrected chi connectivity index (χ3v) is 2.39. The second-order valence-corrected chi connectivity index (χ2v) is 3.87. The molecule has 0 aromatic heterocycles. The van der Waals surface area contributed by atoms with Gasteiger partial charge in [0.2, 0.25) is 5.78 Å². The van der Waals surface area contributed by atoms with E-state index in [1.807, 2.05) is 36.4 Å². The lowest BCUT2D eigenvalue weighted by atomic mass is 10.1. The van der Waals surface area contributed by atoms with E-state index >= 15 is 0 Å². The second-order valence-electron chi connectivity index (χ2n) is 3.87. The minimum atomic E-state index is -0.425. The van der Waals surface area contributed by atoms with Gasteiger partial charge in [0.05, 0.1) is 0 Å². The van der Waals surface area contributed by atoms with Crippen LogP contribution in [0.4, 0.5) is 0 Å². The van der Waals surface area contributed by atoms with Crippen LogP contribution in [-0.2, 0) is 4.79 Å². The Kier molecular flexibility index (Phi) is 5.96. The first-order chi connectivity index (χ1) is 9.15. The smallest absolute Gasteiger partial charge is 0.228 e. The van der Waals surface area contributed by atoms with Crippen LogP contribution in [0.5, 0.6) is 0 Å². The molecule has 0 aliphatic rings. The van der Waals surface area contributed by atoms with E-state index in [1.165, 1.54) is 12.5 Å². The minimum Gasteiger partial charge on any atom is -0.291 e. The third kappa shape index (κ3) is 5.13. The number of carbonyl (C=O) groups is 2. The van der Waals surface area contributed by atoms with E-state index in [9.17, 15) is 9.59 Å². The van der Waals surface area contributed by atoms with Crippen molar-refractivity contribution in [1.82, 2.24) is 0 Å². The highest BCUT2D eigenvalue weighted by Crippen LogP contribution is 1.99. The van der Waals surface area contributed by atoms with Crippen LogP contribution in [0.25, 0.3) is 6.08 Å². The topological polar surface area (TPSA) is 34.1 Å². The van der Waals surface area contributed by atoms with Gasteiger partial charge in [0, 0.05) is 12.5 Å². The van der Waals surface area contributed by atoms with Crippen molar-refractivity contribution in [2.75, 3.05) is 0 Å². The summed E-state index contributed by atoms with van der Waals surface area (Å²) in [5, 5.41) is 0. The molecule has 0 saturated carbocycles. The Hall–Kier alpha value is -2.48. The monoisotopic (exact) mass is 252 g/mol. The standard InChI is InChI=1S/C9H8O2.C8H8/c1-7(10)9(11)8-5-3-2-4-6-8;1-2-8-6-4-3-5-7-8/h2-6H,1H3;2-7H,1H2. The normalized spacial score (nSPS) is 8.89. The molecule has 0 saturated heterocycles. The van der Waals surface area contributed by atoms with Crippen molar-refractivity contribution in [2.45, 2.75) is 6.92 Å². The second kappa shape index (κ2) is 7.77. The molecule has 0 radical (unpaired) electrons. The SMILES string of the molecule is C=Cc1ccccc1.CC(=O)C(=O)c1ccccc1.